The number of halogens is 3. The van der Waals surface area contributed by atoms with E-state index in [1.165, 1.54) is 29.4 Å². The van der Waals surface area contributed by atoms with E-state index in [1.54, 1.807) is 12.1 Å². The highest BCUT2D eigenvalue weighted by atomic mass is 35.5. The van der Waals surface area contributed by atoms with Crippen LogP contribution in [-0.4, -0.2) is 26.2 Å². The van der Waals surface area contributed by atoms with E-state index in [-0.39, 0.29) is 39.1 Å². The highest BCUT2D eigenvalue weighted by Crippen LogP contribution is 2.29. The third-order valence-electron chi connectivity index (χ3n) is 4.15. The summed E-state index contributed by atoms with van der Waals surface area (Å²) in [5.74, 6) is -3.21. The summed E-state index contributed by atoms with van der Waals surface area (Å²) in [4.78, 5) is 33.7. The molecular weight excluding hydrogens is 430 g/mol. The number of nitrogens with zero attached hydrogens (tertiary/aromatic N) is 3. The third-order valence-corrected chi connectivity index (χ3v) is 4.72. The highest BCUT2D eigenvalue weighted by molar-refractivity contribution is 6.50. The van der Waals surface area contributed by atoms with Gasteiger partial charge in [0.25, 0.3) is 11.7 Å². The zero-order valence-corrected chi connectivity index (χ0v) is 16.5. The van der Waals surface area contributed by atoms with Crippen molar-refractivity contribution >= 4 is 51.6 Å². The summed E-state index contributed by atoms with van der Waals surface area (Å²) in [7, 11) is 0. The summed E-state index contributed by atoms with van der Waals surface area (Å²) in [6.07, 6.45) is 5.27. The van der Waals surface area contributed by atoms with Crippen molar-refractivity contribution < 1.29 is 19.5 Å². The number of nitrogens with one attached hydrogen (secondary N) is 1. The van der Waals surface area contributed by atoms with Crippen LogP contribution in [0.4, 0.5) is 10.1 Å². The number of aromatic nitrogens is 3. The predicted octanol–water partition coefficient (Wildman–Crippen LogP) is 4.75. The molecule has 0 bridgehead atoms. The summed E-state index contributed by atoms with van der Waals surface area (Å²) in [6.45, 7) is -0.250. The van der Waals surface area contributed by atoms with Crippen LogP contribution in [0.1, 0.15) is 21.4 Å². The average molecular weight is 447 g/mol. The Morgan fingerprint density at radius 3 is 2.57 bits per heavy atom. The van der Waals surface area contributed by atoms with Gasteiger partial charge in [0, 0.05) is 36.7 Å². The molecule has 4 aromatic rings. The number of benzene rings is 1. The minimum Gasteiger partial charge on any atom is -0.327 e. The largest absolute Gasteiger partial charge is 0.327 e. The predicted molar refractivity (Wildman–Crippen MR) is 112 cm³/mol. The molecule has 0 aliphatic heterocycles. The number of fused-ring (bicyclic) bond motifs is 1. The van der Waals surface area contributed by atoms with Crippen molar-refractivity contribution in [2.75, 3.05) is 5.32 Å². The van der Waals surface area contributed by atoms with Crippen LogP contribution < -0.4 is 5.32 Å². The maximum absolute atomic E-state index is 13.9. The number of Topliss-reactive ketones (excluding diaryl/α,β-unsaturated/α-hetero) is 1. The Balaban J connectivity index is 1.75. The van der Waals surface area contributed by atoms with Crippen molar-refractivity contribution in [1.29, 1.82) is 0 Å². The summed E-state index contributed by atoms with van der Waals surface area (Å²) in [6, 6.07) is 0.411. The molecule has 9 heteroatoms. The van der Waals surface area contributed by atoms with E-state index in [1.807, 2.05) is 0 Å². The number of rotatable bonds is 5. The first-order valence-corrected chi connectivity index (χ1v) is 9.20. The molecule has 0 saturated heterocycles. The van der Waals surface area contributed by atoms with E-state index in [0.29, 0.717) is 5.39 Å². The molecular formula is C21H13Cl2FN4O2. The van der Waals surface area contributed by atoms with Crippen LogP contribution in [0.3, 0.4) is 0 Å². The lowest BCUT2D eigenvalue weighted by molar-refractivity contribution is -0.112. The van der Waals surface area contributed by atoms with E-state index in [0.717, 1.165) is 0 Å². The summed E-state index contributed by atoms with van der Waals surface area (Å²) in [5, 5.41) is 2.76. The standard InChI is InChI=1S/C21H13Cl2FN4O2/c22-16-8-25-9-17(23)18(16)27-21(30)19(29)15-11-28(20-14(15)2-1-7-26-20)10-12-3-5-13(24)6-4-12/h1-9,11H,10H2,(H,25,27,30)/i3D,4D,5D,6D. The van der Waals surface area contributed by atoms with Gasteiger partial charge in [-0.1, -0.05) is 35.3 Å². The lowest BCUT2D eigenvalue weighted by Gasteiger charge is -2.07. The van der Waals surface area contributed by atoms with Gasteiger partial charge in [-0.15, -0.1) is 0 Å². The van der Waals surface area contributed by atoms with Crippen LogP contribution in [0.5, 0.6) is 0 Å². The Labute approximate surface area is 185 Å². The molecule has 0 atom stereocenters. The number of hydrogen-bond acceptors (Lipinski definition) is 4. The van der Waals surface area contributed by atoms with Gasteiger partial charge in [-0.05, 0) is 29.8 Å². The van der Waals surface area contributed by atoms with E-state index >= 15 is 0 Å². The molecule has 0 spiro atoms. The quantitative estimate of drug-likeness (QED) is 0.354. The van der Waals surface area contributed by atoms with Crippen molar-refractivity contribution in [1.82, 2.24) is 14.5 Å². The molecule has 0 radical (unpaired) electrons. The first-order valence-electron chi connectivity index (χ1n) is 10.4. The van der Waals surface area contributed by atoms with Gasteiger partial charge in [0.1, 0.15) is 11.5 Å². The molecule has 4 rings (SSSR count). The molecule has 1 aromatic carbocycles. The van der Waals surface area contributed by atoms with E-state index in [2.05, 4.69) is 15.3 Å². The van der Waals surface area contributed by atoms with E-state index in [9.17, 15) is 14.0 Å². The zero-order valence-electron chi connectivity index (χ0n) is 19.0. The van der Waals surface area contributed by atoms with Crippen molar-refractivity contribution in [3.63, 3.8) is 0 Å². The average Bonchev–Trinajstić information content (AvgIpc) is 3.19. The number of pyridine rings is 2. The maximum atomic E-state index is 13.9. The van der Waals surface area contributed by atoms with Gasteiger partial charge >= 0.3 is 0 Å². The van der Waals surface area contributed by atoms with E-state index in [4.69, 9.17) is 28.7 Å². The first-order chi connectivity index (χ1) is 16.1. The third kappa shape index (κ3) is 3.90. The van der Waals surface area contributed by atoms with Gasteiger partial charge in [-0.25, -0.2) is 9.37 Å². The number of hydrogen-bond donors (Lipinski definition) is 1. The molecule has 0 fully saturated rings. The first kappa shape index (κ1) is 15.5. The second-order valence-electron chi connectivity index (χ2n) is 6.10. The molecule has 0 saturated carbocycles. The zero-order chi connectivity index (χ0) is 24.7. The molecule has 150 valence electrons. The highest BCUT2D eigenvalue weighted by Gasteiger charge is 2.23. The minimum atomic E-state index is -1.25. The van der Waals surface area contributed by atoms with Crippen LogP contribution in [0.15, 0.2) is 61.1 Å². The summed E-state index contributed by atoms with van der Waals surface area (Å²) < 4.78 is 46.8. The number of anilines is 1. The fraction of sp³-hybridized carbons (Fsp3) is 0.0476. The second kappa shape index (κ2) is 8.22. The maximum Gasteiger partial charge on any atom is 0.296 e. The minimum absolute atomic E-state index is 0.0218. The monoisotopic (exact) mass is 446 g/mol. The molecule has 3 aromatic heterocycles. The Hall–Kier alpha value is -3.29. The van der Waals surface area contributed by atoms with Gasteiger partial charge in [0.2, 0.25) is 0 Å². The van der Waals surface area contributed by atoms with Crippen LogP contribution in [0.2, 0.25) is 10.0 Å². The Bertz CT molecular complexity index is 1450. The number of carbonyl (C=O) groups is 2. The fourth-order valence-electron chi connectivity index (χ4n) is 2.82. The SMILES string of the molecule is [2H]c1c([2H])c(Cn2cc(C(=O)C(=O)Nc3c(Cl)cncc3Cl)c3cccnc32)c([2H])c([2H])c1F. The smallest absolute Gasteiger partial charge is 0.296 e. The Morgan fingerprint density at radius 2 is 1.87 bits per heavy atom. The molecule has 1 amide bonds. The lowest BCUT2D eigenvalue weighted by atomic mass is 10.1. The number of amides is 1. The van der Waals surface area contributed by atoms with Gasteiger partial charge in [0.15, 0.2) is 0 Å². The molecule has 30 heavy (non-hydrogen) atoms. The summed E-state index contributed by atoms with van der Waals surface area (Å²) in [5.41, 5.74) is 0.144. The van der Waals surface area contributed by atoms with Crippen LogP contribution in [-0.2, 0) is 11.3 Å². The van der Waals surface area contributed by atoms with E-state index < -0.39 is 41.7 Å². The van der Waals surface area contributed by atoms with Crippen molar-refractivity contribution in [2.24, 2.45) is 0 Å². The van der Waals surface area contributed by atoms with Gasteiger partial charge in [0.05, 0.1) is 26.8 Å². The van der Waals surface area contributed by atoms with Crippen molar-refractivity contribution in [3.05, 3.63) is 88.1 Å². The summed E-state index contributed by atoms with van der Waals surface area (Å²) >= 11 is 12.0. The lowest BCUT2D eigenvalue weighted by Crippen LogP contribution is -2.23. The number of ketones is 1. The van der Waals surface area contributed by atoms with Gasteiger partial charge < -0.3 is 9.88 Å². The van der Waals surface area contributed by atoms with Gasteiger partial charge in [-0.3, -0.25) is 14.6 Å². The Kier molecular flexibility index (Phi) is 4.26. The van der Waals surface area contributed by atoms with Crippen LogP contribution in [0.25, 0.3) is 11.0 Å². The van der Waals surface area contributed by atoms with Crippen molar-refractivity contribution in [2.45, 2.75) is 6.54 Å². The molecule has 0 unspecified atom stereocenters. The molecule has 6 nitrogen and oxygen atoms in total. The van der Waals surface area contributed by atoms with Crippen LogP contribution >= 0.6 is 23.2 Å². The van der Waals surface area contributed by atoms with Crippen molar-refractivity contribution in [3.8, 4) is 0 Å². The molecule has 0 aliphatic rings. The topological polar surface area (TPSA) is 76.9 Å². The van der Waals surface area contributed by atoms with Crippen LogP contribution in [0, 0.1) is 5.82 Å². The second-order valence-corrected chi connectivity index (χ2v) is 6.91. The fourth-order valence-corrected chi connectivity index (χ4v) is 3.28. The molecule has 1 N–H and O–H groups in total. The number of carbonyl (C=O) groups excluding carboxylic acids is 2. The normalized spacial score (nSPS) is 12.8. The molecule has 3 heterocycles. The molecule has 0 aliphatic carbocycles. The Morgan fingerprint density at radius 1 is 1.17 bits per heavy atom. The van der Waals surface area contributed by atoms with Gasteiger partial charge in [-0.2, -0.15) is 0 Å².